The summed E-state index contributed by atoms with van der Waals surface area (Å²) in [6.45, 7) is 2.38. The van der Waals surface area contributed by atoms with Gasteiger partial charge in [-0.1, -0.05) is 0 Å². The van der Waals surface area contributed by atoms with E-state index in [4.69, 9.17) is 16.3 Å². The van der Waals surface area contributed by atoms with Crippen molar-refractivity contribution in [2.45, 2.75) is 6.04 Å². The fourth-order valence-electron chi connectivity index (χ4n) is 1.39. The molecule has 0 aromatic carbocycles. The highest BCUT2D eigenvalue weighted by Crippen LogP contribution is 2.22. The van der Waals surface area contributed by atoms with Crippen LogP contribution in [-0.2, 0) is 4.74 Å². The number of nitrogens with zero attached hydrogens (tertiary/aromatic N) is 2. The Morgan fingerprint density at radius 1 is 1.77 bits per heavy atom. The molecule has 0 bridgehead atoms. The lowest BCUT2D eigenvalue weighted by Crippen LogP contribution is -2.46. The number of thiazole rings is 1. The maximum absolute atomic E-state index is 5.85. The average molecular weight is 219 g/mol. The van der Waals surface area contributed by atoms with Crippen molar-refractivity contribution in [1.82, 2.24) is 4.98 Å². The van der Waals surface area contributed by atoms with Crippen LogP contribution in [0.3, 0.4) is 0 Å². The minimum Gasteiger partial charge on any atom is -0.377 e. The van der Waals surface area contributed by atoms with Gasteiger partial charge in [0.1, 0.15) is 0 Å². The first-order valence-electron chi connectivity index (χ1n) is 4.21. The van der Waals surface area contributed by atoms with Gasteiger partial charge in [0.2, 0.25) is 0 Å². The van der Waals surface area contributed by atoms with E-state index in [0.717, 1.165) is 18.3 Å². The molecule has 72 valence electrons. The van der Waals surface area contributed by atoms with Crippen LogP contribution in [0.15, 0.2) is 11.6 Å². The molecule has 1 aliphatic rings. The molecule has 13 heavy (non-hydrogen) atoms. The van der Waals surface area contributed by atoms with Crippen LogP contribution < -0.4 is 4.90 Å². The fraction of sp³-hybridized carbons (Fsp3) is 0.625. The monoisotopic (exact) mass is 218 g/mol. The van der Waals surface area contributed by atoms with Crippen molar-refractivity contribution in [2.75, 3.05) is 30.5 Å². The second kappa shape index (κ2) is 4.26. The van der Waals surface area contributed by atoms with Gasteiger partial charge in [0.15, 0.2) is 5.13 Å². The minimum atomic E-state index is 0.279. The summed E-state index contributed by atoms with van der Waals surface area (Å²) >= 11 is 7.50. The highest BCUT2D eigenvalue weighted by Gasteiger charge is 2.23. The molecule has 0 spiro atoms. The number of rotatable bonds is 2. The van der Waals surface area contributed by atoms with Gasteiger partial charge in [-0.15, -0.1) is 22.9 Å². The zero-order valence-corrected chi connectivity index (χ0v) is 8.72. The molecule has 1 fully saturated rings. The summed E-state index contributed by atoms with van der Waals surface area (Å²) in [5.41, 5.74) is 0. The molecule has 0 aliphatic carbocycles. The molecule has 0 N–H and O–H groups in total. The SMILES string of the molecule is ClCC1COCCN1c1nccs1. The summed E-state index contributed by atoms with van der Waals surface area (Å²) in [5, 5.41) is 3.03. The lowest BCUT2D eigenvalue weighted by atomic mass is 10.3. The normalized spacial score (nSPS) is 23.5. The molecule has 0 saturated carbocycles. The van der Waals surface area contributed by atoms with Crippen molar-refractivity contribution in [2.24, 2.45) is 0 Å². The quantitative estimate of drug-likeness (QED) is 0.705. The predicted octanol–water partition coefficient (Wildman–Crippen LogP) is 1.59. The molecule has 2 rings (SSSR count). The van der Waals surface area contributed by atoms with Crippen molar-refractivity contribution < 1.29 is 4.74 Å². The lowest BCUT2D eigenvalue weighted by molar-refractivity contribution is 0.0998. The van der Waals surface area contributed by atoms with Gasteiger partial charge in [0.05, 0.1) is 19.3 Å². The summed E-state index contributed by atoms with van der Waals surface area (Å²) in [6.07, 6.45) is 1.82. The van der Waals surface area contributed by atoms with E-state index in [1.165, 1.54) is 0 Å². The highest BCUT2D eigenvalue weighted by atomic mass is 35.5. The predicted molar refractivity (Wildman–Crippen MR) is 54.8 cm³/mol. The molecule has 1 aromatic rings. The molecule has 3 nitrogen and oxygen atoms in total. The number of ether oxygens (including phenoxy) is 1. The molecule has 1 atom stereocenters. The maximum Gasteiger partial charge on any atom is 0.185 e. The van der Waals surface area contributed by atoms with Crippen LogP contribution in [-0.4, -0.2) is 36.7 Å². The van der Waals surface area contributed by atoms with E-state index in [0.29, 0.717) is 12.5 Å². The van der Waals surface area contributed by atoms with E-state index in [1.54, 1.807) is 11.3 Å². The van der Waals surface area contributed by atoms with E-state index in [1.807, 2.05) is 11.6 Å². The first kappa shape index (κ1) is 9.24. The van der Waals surface area contributed by atoms with Crippen molar-refractivity contribution >= 4 is 28.1 Å². The van der Waals surface area contributed by atoms with Crippen molar-refractivity contribution in [3.63, 3.8) is 0 Å². The van der Waals surface area contributed by atoms with Gasteiger partial charge in [-0.05, 0) is 0 Å². The lowest BCUT2D eigenvalue weighted by Gasteiger charge is -2.34. The molecule has 5 heteroatoms. The van der Waals surface area contributed by atoms with Crippen LogP contribution in [0, 0.1) is 0 Å². The Morgan fingerprint density at radius 2 is 2.69 bits per heavy atom. The van der Waals surface area contributed by atoms with Gasteiger partial charge >= 0.3 is 0 Å². The van der Waals surface area contributed by atoms with Crippen LogP contribution in [0.1, 0.15) is 0 Å². The largest absolute Gasteiger partial charge is 0.377 e. The highest BCUT2D eigenvalue weighted by molar-refractivity contribution is 7.13. The Kier molecular flexibility index (Phi) is 3.03. The van der Waals surface area contributed by atoms with Gasteiger partial charge in [-0.25, -0.2) is 4.98 Å². The Morgan fingerprint density at radius 3 is 3.38 bits per heavy atom. The third-order valence-electron chi connectivity index (χ3n) is 2.07. The van der Waals surface area contributed by atoms with Crippen LogP contribution >= 0.6 is 22.9 Å². The smallest absolute Gasteiger partial charge is 0.185 e. The Balaban J connectivity index is 2.11. The fourth-order valence-corrected chi connectivity index (χ4v) is 2.39. The summed E-state index contributed by atoms with van der Waals surface area (Å²) < 4.78 is 5.35. The van der Waals surface area contributed by atoms with Crippen molar-refractivity contribution in [3.05, 3.63) is 11.6 Å². The van der Waals surface area contributed by atoms with Gasteiger partial charge in [0, 0.05) is 24.0 Å². The van der Waals surface area contributed by atoms with Gasteiger partial charge in [-0.3, -0.25) is 0 Å². The number of alkyl halides is 1. The van der Waals surface area contributed by atoms with Gasteiger partial charge < -0.3 is 9.64 Å². The molecule has 1 aliphatic heterocycles. The topological polar surface area (TPSA) is 25.4 Å². The Bertz CT molecular complexity index is 255. The van der Waals surface area contributed by atoms with Crippen molar-refractivity contribution in [3.8, 4) is 0 Å². The molecule has 1 unspecified atom stereocenters. The maximum atomic E-state index is 5.85. The molecule has 0 radical (unpaired) electrons. The minimum absolute atomic E-state index is 0.279. The van der Waals surface area contributed by atoms with E-state index < -0.39 is 0 Å². The standard InChI is InChI=1S/C8H11ClN2OS/c9-5-7-6-12-3-2-11(7)8-10-1-4-13-8/h1,4,7H,2-3,5-6H2. The third-order valence-corrected chi connectivity index (χ3v) is 3.24. The number of hydrogen-bond donors (Lipinski definition) is 0. The molecule has 0 amide bonds. The third kappa shape index (κ3) is 1.95. The number of anilines is 1. The number of morpholine rings is 1. The van der Waals surface area contributed by atoms with Crippen LogP contribution in [0.5, 0.6) is 0 Å². The van der Waals surface area contributed by atoms with Gasteiger partial charge in [0.25, 0.3) is 0 Å². The second-order valence-corrected chi connectivity index (χ2v) is 4.07. The summed E-state index contributed by atoms with van der Waals surface area (Å²) in [4.78, 5) is 6.49. The van der Waals surface area contributed by atoms with E-state index in [-0.39, 0.29) is 6.04 Å². The molecule has 1 aromatic heterocycles. The van der Waals surface area contributed by atoms with E-state index >= 15 is 0 Å². The number of hydrogen-bond acceptors (Lipinski definition) is 4. The van der Waals surface area contributed by atoms with Crippen LogP contribution in [0.4, 0.5) is 5.13 Å². The van der Waals surface area contributed by atoms with E-state index in [2.05, 4.69) is 9.88 Å². The van der Waals surface area contributed by atoms with Gasteiger partial charge in [-0.2, -0.15) is 0 Å². The zero-order chi connectivity index (χ0) is 9.10. The first-order valence-corrected chi connectivity index (χ1v) is 5.63. The molecule has 1 saturated heterocycles. The Hall–Kier alpha value is -0.320. The Labute approximate surface area is 86.3 Å². The average Bonchev–Trinajstić information content (AvgIpc) is 2.70. The van der Waals surface area contributed by atoms with E-state index in [9.17, 15) is 0 Å². The number of aromatic nitrogens is 1. The second-order valence-electron chi connectivity index (χ2n) is 2.89. The number of halogens is 1. The zero-order valence-electron chi connectivity index (χ0n) is 7.15. The molecule has 2 heterocycles. The summed E-state index contributed by atoms with van der Waals surface area (Å²) in [7, 11) is 0. The molecular weight excluding hydrogens is 208 g/mol. The van der Waals surface area contributed by atoms with Crippen LogP contribution in [0.2, 0.25) is 0 Å². The summed E-state index contributed by atoms with van der Waals surface area (Å²) in [5.74, 6) is 0.597. The van der Waals surface area contributed by atoms with Crippen molar-refractivity contribution in [1.29, 1.82) is 0 Å². The summed E-state index contributed by atoms with van der Waals surface area (Å²) in [6, 6.07) is 0.279. The first-order chi connectivity index (χ1) is 6.42. The van der Waals surface area contributed by atoms with Crippen LogP contribution in [0.25, 0.3) is 0 Å². The molecular formula is C8H11ClN2OS.